The third-order valence-corrected chi connectivity index (χ3v) is 1.95. The lowest BCUT2D eigenvalue weighted by molar-refractivity contribution is -0.150. The van der Waals surface area contributed by atoms with Crippen LogP contribution in [0.5, 0.6) is 0 Å². The number of hydrogen-bond acceptors (Lipinski definition) is 2. The molecule has 0 aliphatic rings. The fraction of sp³-hybridized carbons (Fsp3) is 0.222. The second-order valence-electron chi connectivity index (χ2n) is 2.84. The van der Waals surface area contributed by atoms with E-state index < -0.39 is 17.9 Å². The van der Waals surface area contributed by atoms with Gasteiger partial charge in [0.1, 0.15) is 0 Å². The van der Waals surface area contributed by atoms with Crippen LogP contribution < -0.4 is 5.73 Å². The SMILES string of the molecule is NC(C(=O)O)(c1ccccc1)C(F)F. The zero-order valence-corrected chi connectivity index (χ0v) is 7.15. The zero-order valence-electron chi connectivity index (χ0n) is 7.15. The summed E-state index contributed by atoms with van der Waals surface area (Å²) in [5, 5.41) is 8.65. The van der Waals surface area contributed by atoms with Crippen LogP contribution in [0.4, 0.5) is 8.78 Å². The highest BCUT2D eigenvalue weighted by Crippen LogP contribution is 2.25. The number of aliphatic carboxylic acids is 1. The summed E-state index contributed by atoms with van der Waals surface area (Å²) in [4.78, 5) is 10.7. The van der Waals surface area contributed by atoms with E-state index in [-0.39, 0.29) is 5.56 Å². The highest BCUT2D eigenvalue weighted by atomic mass is 19.3. The third-order valence-electron chi connectivity index (χ3n) is 1.95. The second kappa shape index (κ2) is 3.71. The Morgan fingerprint density at radius 2 is 1.86 bits per heavy atom. The molecule has 0 aromatic heterocycles. The summed E-state index contributed by atoms with van der Waals surface area (Å²) in [6.07, 6.45) is -3.15. The van der Waals surface area contributed by atoms with Gasteiger partial charge in [-0.2, -0.15) is 0 Å². The van der Waals surface area contributed by atoms with Crippen molar-refractivity contribution in [2.24, 2.45) is 5.73 Å². The number of halogens is 2. The number of alkyl halides is 2. The van der Waals surface area contributed by atoms with E-state index in [1.165, 1.54) is 24.3 Å². The van der Waals surface area contributed by atoms with Crippen LogP contribution in [0.2, 0.25) is 0 Å². The molecule has 1 unspecified atom stereocenters. The van der Waals surface area contributed by atoms with Gasteiger partial charge in [-0.1, -0.05) is 30.3 Å². The van der Waals surface area contributed by atoms with Crippen LogP contribution in [0.15, 0.2) is 30.3 Å². The van der Waals surface area contributed by atoms with E-state index >= 15 is 0 Å². The Morgan fingerprint density at radius 1 is 1.36 bits per heavy atom. The highest BCUT2D eigenvalue weighted by Gasteiger charge is 2.45. The minimum Gasteiger partial charge on any atom is -0.479 e. The van der Waals surface area contributed by atoms with Crippen LogP contribution in [0.3, 0.4) is 0 Å². The molecule has 1 aromatic carbocycles. The maximum absolute atomic E-state index is 12.5. The molecule has 0 amide bonds. The van der Waals surface area contributed by atoms with Crippen molar-refractivity contribution in [1.82, 2.24) is 0 Å². The topological polar surface area (TPSA) is 63.3 Å². The summed E-state index contributed by atoms with van der Waals surface area (Å²) in [6, 6.07) is 7.04. The van der Waals surface area contributed by atoms with Gasteiger partial charge in [0, 0.05) is 0 Å². The Morgan fingerprint density at radius 3 is 2.21 bits per heavy atom. The van der Waals surface area contributed by atoms with Crippen LogP contribution in [0.1, 0.15) is 5.56 Å². The van der Waals surface area contributed by atoms with Gasteiger partial charge in [0.15, 0.2) is 0 Å². The van der Waals surface area contributed by atoms with Crippen LogP contribution in [-0.2, 0) is 10.3 Å². The Bertz CT molecular complexity index is 329. The molecule has 0 aliphatic heterocycles. The molecule has 76 valence electrons. The van der Waals surface area contributed by atoms with E-state index in [1.807, 2.05) is 0 Å². The maximum atomic E-state index is 12.5. The van der Waals surface area contributed by atoms with Gasteiger partial charge in [-0.15, -0.1) is 0 Å². The molecule has 0 saturated carbocycles. The molecule has 0 spiro atoms. The Hall–Kier alpha value is -1.49. The van der Waals surface area contributed by atoms with Gasteiger partial charge in [-0.3, -0.25) is 0 Å². The van der Waals surface area contributed by atoms with Crippen molar-refractivity contribution in [3.05, 3.63) is 35.9 Å². The lowest BCUT2D eigenvalue weighted by atomic mass is 9.92. The van der Waals surface area contributed by atoms with Crippen molar-refractivity contribution in [3.8, 4) is 0 Å². The monoisotopic (exact) mass is 201 g/mol. The van der Waals surface area contributed by atoms with E-state index in [2.05, 4.69) is 0 Å². The number of carbonyl (C=O) groups is 1. The van der Waals surface area contributed by atoms with Gasteiger partial charge in [0.25, 0.3) is 6.43 Å². The van der Waals surface area contributed by atoms with Gasteiger partial charge >= 0.3 is 5.97 Å². The molecule has 1 atom stereocenters. The standard InChI is InChI=1S/C9H9F2NO2/c10-7(11)9(12,8(13)14)6-4-2-1-3-5-6/h1-5,7H,12H2,(H,13,14). The zero-order chi connectivity index (χ0) is 10.8. The smallest absolute Gasteiger partial charge is 0.334 e. The van der Waals surface area contributed by atoms with E-state index in [1.54, 1.807) is 6.07 Å². The molecule has 3 N–H and O–H groups in total. The quantitative estimate of drug-likeness (QED) is 0.772. The first-order chi connectivity index (χ1) is 6.49. The van der Waals surface area contributed by atoms with Gasteiger partial charge in [0.2, 0.25) is 5.54 Å². The molecule has 3 nitrogen and oxygen atoms in total. The predicted molar refractivity (Wildman–Crippen MR) is 45.9 cm³/mol. The first kappa shape index (κ1) is 10.6. The van der Waals surface area contributed by atoms with Crippen molar-refractivity contribution in [1.29, 1.82) is 0 Å². The molecule has 0 fully saturated rings. The molecule has 0 heterocycles. The first-order valence-corrected chi connectivity index (χ1v) is 3.85. The van der Waals surface area contributed by atoms with Crippen molar-refractivity contribution in [2.45, 2.75) is 12.0 Å². The van der Waals surface area contributed by atoms with Crippen molar-refractivity contribution < 1.29 is 18.7 Å². The van der Waals surface area contributed by atoms with Gasteiger partial charge in [0.05, 0.1) is 0 Å². The number of benzene rings is 1. The molecule has 0 bridgehead atoms. The first-order valence-electron chi connectivity index (χ1n) is 3.85. The minimum absolute atomic E-state index is 0.109. The molecule has 1 rings (SSSR count). The summed E-state index contributed by atoms with van der Waals surface area (Å²) in [7, 11) is 0. The predicted octanol–water partition coefficient (Wildman–Crippen LogP) is 1.19. The van der Waals surface area contributed by atoms with Gasteiger partial charge in [-0.25, -0.2) is 13.6 Å². The molecular weight excluding hydrogens is 192 g/mol. The Labute approximate surface area is 79.2 Å². The molecule has 0 aliphatic carbocycles. The van der Waals surface area contributed by atoms with E-state index in [0.29, 0.717) is 0 Å². The molecule has 0 radical (unpaired) electrons. The molecule has 5 heteroatoms. The maximum Gasteiger partial charge on any atom is 0.334 e. The number of carboxylic acid groups (broad SMARTS) is 1. The van der Waals surface area contributed by atoms with E-state index in [4.69, 9.17) is 10.8 Å². The van der Waals surface area contributed by atoms with Crippen LogP contribution in [0.25, 0.3) is 0 Å². The highest BCUT2D eigenvalue weighted by molar-refractivity contribution is 5.81. The van der Waals surface area contributed by atoms with Gasteiger partial charge in [-0.05, 0) is 5.56 Å². The van der Waals surface area contributed by atoms with Crippen molar-refractivity contribution in [3.63, 3.8) is 0 Å². The minimum atomic E-state index is -3.15. The number of hydrogen-bond donors (Lipinski definition) is 2. The number of nitrogens with two attached hydrogens (primary N) is 1. The molecular formula is C9H9F2NO2. The van der Waals surface area contributed by atoms with Crippen molar-refractivity contribution in [2.75, 3.05) is 0 Å². The lowest BCUT2D eigenvalue weighted by Crippen LogP contribution is -2.51. The summed E-state index contributed by atoms with van der Waals surface area (Å²) in [6.45, 7) is 0. The Kier molecular flexibility index (Phi) is 2.81. The normalized spacial score (nSPS) is 15.1. The summed E-state index contributed by atoms with van der Waals surface area (Å²) < 4.78 is 25.0. The molecule has 0 saturated heterocycles. The van der Waals surface area contributed by atoms with Crippen LogP contribution >= 0.6 is 0 Å². The average molecular weight is 201 g/mol. The lowest BCUT2D eigenvalue weighted by Gasteiger charge is -2.23. The number of rotatable bonds is 3. The fourth-order valence-electron chi connectivity index (χ4n) is 1.06. The van der Waals surface area contributed by atoms with Crippen LogP contribution in [-0.4, -0.2) is 17.5 Å². The van der Waals surface area contributed by atoms with Gasteiger partial charge < -0.3 is 10.8 Å². The van der Waals surface area contributed by atoms with E-state index in [0.717, 1.165) is 0 Å². The Balaban J connectivity index is 3.20. The number of carboxylic acids is 1. The second-order valence-corrected chi connectivity index (χ2v) is 2.84. The van der Waals surface area contributed by atoms with Crippen LogP contribution in [0, 0.1) is 0 Å². The fourth-order valence-corrected chi connectivity index (χ4v) is 1.06. The molecule has 1 aromatic rings. The molecule has 14 heavy (non-hydrogen) atoms. The summed E-state index contributed by atoms with van der Waals surface area (Å²) in [5.41, 5.74) is 2.42. The van der Waals surface area contributed by atoms with Crippen molar-refractivity contribution >= 4 is 5.97 Å². The average Bonchev–Trinajstić information content (AvgIpc) is 2.17. The summed E-state index contributed by atoms with van der Waals surface area (Å²) in [5.74, 6) is -1.74. The largest absolute Gasteiger partial charge is 0.479 e. The van der Waals surface area contributed by atoms with E-state index in [9.17, 15) is 13.6 Å². The third kappa shape index (κ3) is 1.58. The summed E-state index contributed by atoms with van der Waals surface area (Å²) >= 11 is 0.